The van der Waals surface area contributed by atoms with Crippen LogP contribution in [-0.2, 0) is 0 Å². The summed E-state index contributed by atoms with van der Waals surface area (Å²) in [6, 6.07) is 25.4. The molecule has 1 aromatic heterocycles. The number of thioether (sulfide) groups is 1. The summed E-state index contributed by atoms with van der Waals surface area (Å²) in [5.41, 5.74) is 2.48. The number of hydrogen-bond acceptors (Lipinski definition) is 4. The van der Waals surface area contributed by atoms with E-state index in [0.717, 1.165) is 11.8 Å². The number of rotatable bonds is 3. The van der Waals surface area contributed by atoms with Gasteiger partial charge in [0.25, 0.3) is 5.91 Å². The first-order valence-electron chi connectivity index (χ1n) is 8.08. The maximum Gasteiger partial charge on any atom is 0.264 e. The fourth-order valence-corrected chi connectivity index (χ4v) is 3.53. The third-order valence-electron chi connectivity index (χ3n) is 3.95. The fourth-order valence-electron chi connectivity index (χ4n) is 2.69. The summed E-state index contributed by atoms with van der Waals surface area (Å²) in [5, 5.41) is 0.219. The molecule has 0 saturated heterocycles. The van der Waals surface area contributed by atoms with Crippen molar-refractivity contribution < 1.29 is 9.59 Å². The van der Waals surface area contributed by atoms with Crippen LogP contribution in [0.2, 0.25) is 0 Å². The lowest BCUT2D eigenvalue weighted by atomic mass is 10.2. The first-order chi connectivity index (χ1) is 12.7. The van der Waals surface area contributed by atoms with Crippen molar-refractivity contribution in [1.29, 1.82) is 0 Å². The Morgan fingerprint density at radius 1 is 0.731 bits per heavy atom. The van der Waals surface area contributed by atoms with Crippen molar-refractivity contribution >= 4 is 33.8 Å². The molecule has 0 aliphatic carbocycles. The number of benzene rings is 3. The van der Waals surface area contributed by atoms with E-state index in [0.29, 0.717) is 27.3 Å². The van der Waals surface area contributed by atoms with Crippen molar-refractivity contribution in [3.63, 3.8) is 0 Å². The van der Waals surface area contributed by atoms with Gasteiger partial charge in [-0.2, -0.15) is 0 Å². The SMILES string of the molecule is O=C(Sc1nc2ccccc2n1C(=O)c1ccccc1)c1ccccc1. The van der Waals surface area contributed by atoms with Crippen molar-refractivity contribution in [3.05, 3.63) is 96.1 Å². The largest absolute Gasteiger partial charge is 0.281 e. The van der Waals surface area contributed by atoms with E-state index in [2.05, 4.69) is 4.98 Å². The topological polar surface area (TPSA) is 52.0 Å². The third kappa shape index (κ3) is 3.05. The predicted molar refractivity (Wildman–Crippen MR) is 103 cm³/mol. The Morgan fingerprint density at radius 3 is 2.00 bits per heavy atom. The lowest BCUT2D eigenvalue weighted by Crippen LogP contribution is -2.13. The van der Waals surface area contributed by atoms with Crippen LogP contribution in [0.1, 0.15) is 20.7 Å². The molecule has 0 atom stereocenters. The molecule has 0 aliphatic heterocycles. The number of para-hydroxylation sites is 2. The molecule has 0 radical (unpaired) electrons. The number of fused-ring (bicyclic) bond motifs is 1. The number of carbonyl (C=O) groups is 2. The van der Waals surface area contributed by atoms with E-state index in [1.807, 2.05) is 60.7 Å². The van der Waals surface area contributed by atoms with E-state index in [-0.39, 0.29) is 11.0 Å². The van der Waals surface area contributed by atoms with Crippen molar-refractivity contribution in [2.75, 3.05) is 0 Å². The van der Waals surface area contributed by atoms with Crippen LogP contribution in [0.4, 0.5) is 0 Å². The summed E-state index contributed by atoms with van der Waals surface area (Å²) in [4.78, 5) is 30.2. The second-order valence-electron chi connectivity index (χ2n) is 5.65. The fraction of sp³-hybridized carbons (Fsp3) is 0. The van der Waals surface area contributed by atoms with E-state index in [1.165, 1.54) is 4.57 Å². The normalized spacial score (nSPS) is 10.8. The Balaban J connectivity index is 1.80. The van der Waals surface area contributed by atoms with Gasteiger partial charge in [0, 0.05) is 11.1 Å². The van der Waals surface area contributed by atoms with Gasteiger partial charge in [-0.25, -0.2) is 4.98 Å². The molecule has 0 unspecified atom stereocenters. The molecule has 0 N–H and O–H groups in total. The van der Waals surface area contributed by atoms with Crippen LogP contribution >= 0.6 is 11.8 Å². The zero-order valence-corrected chi connectivity index (χ0v) is 14.5. The molecule has 0 amide bonds. The third-order valence-corrected chi connectivity index (χ3v) is 4.82. The molecule has 26 heavy (non-hydrogen) atoms. The Kier molecular flexibility index (Phi) is 4.37. The quantitative estimate of drug-likeness (QED) is 0.500. The first kappa shape index (κ1) is 16.3. The Labute approximate surface area is 154 Å². The minimum Gasteiger partial charge on any atom is -0.281 e. The maximum atomic E-state index is 13.1. The molecule has 4 aromatic rings. The second kappa shape index (κ2) is 6.98. The number of carbonyl (C=O) groups excluding carboxylic acids is 2. The van der Waals surface area contributed by atoms with Crippen LogP contribution in [0.15, 0.2) is 90.1 Å². The van der Waals surface area contributed by atoms with Crippen LogP contribution in [-0.4, -0.2) is 20.6 Å². The minimum absolute atomic E-state index is 0.150. The molecule has 126 valence electrons. The first-order valence-corrected chi connectivity index (χ1v) is 8.90. The zero-order valence-electron chi connectivity index (χ0n) is 13.7. The number of imidazole rings is 1. The molecule has 5 heteroatoms. The maximum absolute atomic E-state index is 13.1. The van der Waals surface area contributed by atoms with Gasteiger partial charge in [0.1, 0.15) is 0 Å². The lowest BCUT2D eigenvalue weighted by Gasteiger charge is -2.07. The summed E-state index contributed by atoms with van der Waals surface area (Å²) in [7, 11) is 0. The van der Waals surface area contributed by atoms with Crippen LogP contribution in [0.25, 0.3) is 11.0 Å². The Bertz CT molecular complexity index is 1090. The van der Waals surface area contributed by atoms with Gasteiger partial charge in [-0.15, -0.1) is 0 Å². The van der Waals surface area contributed by atoms with Crippen LogP contribution in [0, 0.1) is 0 Å². The molecule has 4 rings (SSSR count). The van der Waals surface area contributed by atoms with Crippen molar-refractivity contribution in [1.82, 2.24) is 9.55 Å². The highest BCUT2D eigenvalue weighted by molar-refractivity contribution is 8.14. The van der Waals surface area contributed by atoms with Gasteiger partial charge >= 0.3 is 0 Å². The highest BCUT2D eigenvalue weighted by atomic mass is 32.2. The highest BCUT2D eigenvalue weighted by Crippen LogP contribution is 2.27. The summed E-state index contributed by atoms with van der Waals surface area (Å²) in [5.74, 6) is -0.206. The van der Waals surface area contributed by atoms with Crippen molar-refractivity contribution in [2.24, 2.45) is 0 Å². The zero-order chi connectivity index (χ0) is 17.9. The van der Waals surface area contributed by atoms with Gasteiger partial charge in [-0.3, -0.25) is 14.2 Å². The molecular formula is C21H14N2O2S. The number of nitrogens with zero attached hydrogens (tertiary/aromatic N) is 2. The van der Waals surface area contributed by atoms with Gasteiger partial charge in [0.2, 0.25) is 5.12 Å². The average molecular weight is 358 g/mol. The number of aromatic nitrogens is 2. The summed E-state index contributed by atoms with van der Waals surface area (Å²) in [6.07, 6.45) is 0. The van der Waals surface area contributed by atoms with Gasteiger partial charge in [0.15, 0.2) is 5.16 Å². The summed E-state index contributed by atoms with van der Waals surface area (Å²) in [6.45, 7) is 0. The Hall–Kier alpha value is -3.18. The van der Waals surface area contributed by atoms with Gasteiger partial charge in [-0.05, 0) is 36.0 Å². The molecule has 1 heterocycles. The smallest absolute Gasteiger partial charge is 0.264 e. The molecule has 0 saturated carbocycles. The van der Waals surface area contributed by atoms with Crippen molar-refractivity contribution in [3.8, 4) is 0 Å². The van der Waals surface area contributed by atoms with E-state index in [4.69, 9.17) is 0 Å². The van der Waals surface area contributed by atoms with Crippen LogP contribution in [0.5, 0.6) is 0 Å². The molecular weight excluding hydrogens is 344 g/mol. The van der Waals surface area contributed by atoms with E-state index >= 15 is 0 Å². The van der Waals surface area contributed by atoms with E-state index < -0.39 is 0 Å². The van der Waals surface area contributed by atoms with Crippen LogP contribution in [0.3, 0.4) is 0 Å². The summed E-state index contributed by atoms with van der Waals surface area (Å²) >= 11 is 0.964. The van der Waals surface area contributed by atoms with Gasteiger partial charge in [-0.1, -0.05) is 60.7 Å². The van der Waals surface area contributed by atoms with E-state index in [9.17, 15) is 9.59 Å². The molecule has 0 spiro atoms. The van der Waals surface area contributed by atoms with Gasteiger partial charge < -0.3 is 0 Å². The Morgan fingerprint density at radius 2 is 1.31 bits per heavy atom. The minimum atomic E-state index is -0.206. The highest BCUT2D eigenvalue weighted by Gasteiger charge is 2.21. The molecule has 0 aliphatic rings. The predicted octanol–water partition coefficient (Wildman–Crippen LogP) is 4.66. The lowest BCUT2D eigenvalue weighted by molar-refractivity contribution is 0.0955. The monoisotopic (exact) mass is 358 g/mol. The van der Waals surface area contributed by atoms with E-state index in [1.54, 1.807) is 24.3 Å². The second-order valence-corrected chi connectivity index (χ2v) is 6.59. The summed E-state index contributed by atoms with van der Waals surface area (Å²) < 4.78 is 1.51. The molecule has 0 bridgehead atoms. The average Bonchev–Trinajstić information content (AvgIpc) is 3.06. The number of hydrogen-bond donors (Lipinski definition) is 0. The molecule has 4 nitrogen and oxygen atoms in total. The van der Waals surface area contributed by atoms with Crippen molar-refractivity contribution in [2.45, 2.75) is 5.16 Å². The van der Waals surface area contributed by atoms with Gasteiger partial charge in [0.05, 0.1) is 11.0 Å². The van der Waals surface area contributed by atoms with Crippen LogP contribution < -0.4 is 0 Å². The molecule has 3 aromatic carbocycles. The molecule has 0 fully saturated rings. The standard InChI is InChI=1S/C21H14N2O2S/c24-19(15-9-3-1-4-10-15)23-18-14-8-7-13-17(18)22-21(23)26-20(25)16-11-5-2-6-12-16/h1-14H.